The summed E-state index contributed by atoms with van der Waals surface area (Å²) in [5, 5.41) is 4.81. The molecule has 0 unspecified atom stereocenters. The number of benzene rings is 2. The van der Waals surface area contributed by atoms with Gasteiger partial charge in [-0.05, 0) is 54.7 Å². The molecule has 0 saturated heterocycles. The third kappa shape index (κ3) is 4.61. The molecule has 1 aliphatic rings. The summed E-state index contributed by atoms with van der Waals surface area (Å²) in [6.45, 7) is 10.2. The van der Waals surface area contributed by atoms with Crippen molar-refractivity contribution in [3.8, 4) is 28.3 Å². The first-order valence-electron chi connectivity index (χ1n) is 12.4. The van der Waals surface area contributed by atoms with Crippen molar-refractivity contribution in [3.63, 3.8) is 0 Å². The maximum absolute atomic E-state index is 13.5. The van der Waals surface area contributed by atoms with E-state index in [9.17, 15) is 4.79 Å². The number of hydrogen-bond acceptors (Lipinski definition) is 5. The molecular formula is C29H31N5O2. The minimum atomic E-state index is -0.00997. The molecule has 0 aliphatic carbocycles. The van der Waals surface area contributed by atoms with E-state index >= 15 is 0 Å². The van der Waals surface area contributed by atoms with E-state index in [-0.39, 0.29) is 11.9 Å². The van der Waals surface area contributed by atoms with E-state index in [2.05, 4.69) is 48.1 Å². The quantitative estimate of drug-likeness (QED) is 0.345. The molecule has 0 spiro atoms. The smallest absolute Gasteiger partial charge is 0.273 e. The van der Waals surface area contributed by atoms with Gasteiger partial charge in [-0.2, -0.15) is 5.10 Å². The van der Waals surface area contributed by atoms with Crippen LogP contribution in [0.25, 0.3) is 22.5 Å². The lowest BCUT2D eigenvalue weighted by Gasteiger charge is -2.31. The van der Waals surface area contributed by atoms with Gasteiger partial charge in [-0.15, -0.1) is 0 Å². The van der Waals surface area contributed by atoms with Gasteiger partial charge in [0, 0.05) is 24.3 Å². The van der Waals surface area contributed by atoms with Gasteiger partial charge in [-0.1, -0.05) is 50.2 Å². The van der Waals surface area contributed by atoms with Crippen molar-refractivity contribution in [1.82, 2.24) is 24.6 Å². The molecule has 4 aromatic rings. The molecule has 36 heavy (non-hydrogen) atoms. The van der Waals surface area contributed by atoms with Crippen LogP contribution in [-0.4, -0.2) is 43.1 Å². The molecule has 0 atom stereocenters. The molecule has 1 aliphatic heterocycles. The Bertz CT molecular complexity index is 1340. The number of nitrogens with zero attached hydrogens (tertiary/aromatic N) is 5. The van der Waals surface area contributed by atoms with Crippen LogP contribution in [0.4, 0.5) is 0 Å². The SMILES string of the molecule is CC(C)c1ccc(COc2ccc(-c3c(-c4ccncn4)nn4c3C(=O)N(C(C)C)CC4)cc2)cc1. The zero-order valence-corrected chi connectivity index (χ0v) is 21.2. The number of rotatable bonds is 7. The molecule has 0 N–H and O–H groups in total. The van der Waals surface area contributed by atoms with Gasteiger partial charge in [0.2, 0.25) is 0 Å². The lowest BCUT2D eigenvalue weighted by atomic mass is 9.99. The first-order valence-corrected chi connectivity index (χ1v) is 12.4. The largest absolute Gasteiger partial charge is 0.489 e. The van der Waals surface area contributed by atoms with Crippen LogP contribution >= 0.6 is 0 Å². The molecule has 7 heteroatoms. The Labute approximate surface area is 211 Å². The average Bonchev–Trinajstić information content (AvgIpc) is 3.29. The molecule has 0 bridgehead atoms. The van der Waals surface area contributed by atoms with Crippen LogP contribution in [0.1, 0.15) is 55.2 Å². The van der Waals surface area contributed by atoms with Gasteiger partial charge in [0.05, 0.1) is 12.2 Å². The fourth-order valence-corrected chi connectivity index (χ4v) is 4.54. The number of carbonyl (C=O) groups excluding carboxylic acids is 1. The van der Waals surface area contributed by atoms with Crippen LogP contribution in [0.5, 0.6) is 5.75 Å². The van der Waals surface area contributed by atoms with E-state index in [1.807, 2.05) is 53.8 Å². The van der Waals surface area contributed by atoms with Crippen LogP contribution < -0.4 is 4.74 Å². The number of fused-ring (bicyclic) bond motifs is 1. The van der Waals surface area contributed by atoms with Crippen molar-refractivity contribution < 1.29 is 9.53 Å². The highest BCUT2D eigenvalue weighted by atomic mass is 16.5. The van der Waals surface area contributed by atoms with Crippen LogP contribution in [0.2, 0.25) is 0 Å². The van der Waals surface area contributed by atoms with Crippen LogP contribution in [0, 0.1) is 0 Å². The Morgan fingerprint density at radius 2 is 1.69 bits per heavy atom. The van der Waals surface area contributed by atoms with Gasteiger partial charge in [0.25, 0.3) is 5.91 Å². The molecule has 0 saturated carbocycles. The van der Waals surface area contributed by atoms with Crippen molar-refractivity contribution in [2.24, 2.45) is 0 Å². The molecule has 1 amide bonds. The van der Waals surface area contributed by atoms with E-state index in [1.54, 1.807) is 6.20 Å². The second-order valence-corrected chi connectivity index (χ2v) is 9.69. The normalized spacial score (nSPS) is 13.4. The van der Waals surface area contributed by atoms with E-state index in [0.29, 0.717) is 42.7 Å². The third-order valence-corrected chi connectivity index (χ3v) is 6.61. The average molecular weight is 482 g/mol. The molecule has 0 fully saturated rings. The van der Waals surface area contributed by atoms with Crippen molar-refractivity contribution in [1.29, 1.82) is 0 Å². The second kappa shape index (κ2) is 9.93. The van der Waals surface area contributed by atoms with Gasteiger partial charge in [0.1, 0.15) is 30.1 Å². The minimum absolute atomic E-state index is 0.00997. The standard InChI is InChI=1S/C29H31N5O2/c1-19(2)22-7-5-21(6-8-22)17-36-24-11-9-23(10-12-24)26-27(25-13-14-30-18-31-25)32-34-16-15-33(20(3)4)29(35)28(26)34/h5-14,18-20H,15-17H2,1-4H3. The van der Waals surface area contributed by atoms with Crippen molar-refractivity contribution in [2.75, 3.05) is 6.54 Å². The highest BCUT2D eigenvalue weighted by Crippen LogP contribution is 2.36. The van der Waals surface area contributed by atoms with Gasteiger partial charge in [0.15, 0.2) is 0 Å². The van der Waals surface area contributed by atoms with E-state index in [1.165, 1.54) is 11.9 Å². The highest BCUT2D eigenvalue weighted by Gasteiger charge is 2.33. The fourth-order valence-electron chi connectivity index (χ4n) is 4.54. The van der Waals surface area contributed by atoms with E-state index < -0.39 is 0 Å². The topological polar surface area (TPSA) is 73.1 Å². The summed E-state index contributed by atoms with van der Waals surface area (Å²) in [5.74, 6) is 1.27. The summed E-state index contributed by atoms with van der Waals surface area (Å²) in [4.78, 5) is 23.8. The molecule has 184 valence electrons. The van der Waals surface area contributed by atoms with Crippen LogP contribution in [-0.2, 0) is 13.2 Å². The first-order chi connectivity index (χ1) is 17.4. The summed E-state index contributed by atoms with van der Waals surface area (Å²) in [6, 6.07) is 18.3. The third-order valence-electron chi connectivity index (χ3n) is 6.61. The monoisotopic (exact) mass is 481 g/mol. The van der Waals surface area contributed by atoms with Crippen molar-refractivity contribution in [3.05, 3.63) is 83.9 Å². The summed E-state index contributed by atoms with van der Waals surface area (Å²) >= 11 is 0. The molecule has 2 aromatic carbocycles. The number of aromatic nitrogens is 4. The maximum atomic E-state index is 13.5. The Morgan fingerprint density at radius 3 is 2.33 bits per heavy atom. The second-order valence-electron chi connectivity index (χ2n) is 9.69. The molecule has 3 heterocycles. The zero-order valence-electron chi connectivity index (χ0n) is 21.2. The molecule has 0 radical (unpaired) electrons. The highest BCUT2D eigenvalue weighted by molar-refractivity contribution is 6.03. The predicted molar refractivity (Wildman–Crippen MR) is 140 cm³/mol. The van der Waals surface area contributed by atoms with Gasteiger partial charge < -0.3 is 9.64 Å². The van der Waals surface area contributed by atoms with Crippen LogP contribution in [0.15, 0.2) is 67.1 Å². The Kier molecular flexibility index (Phi) is 6.55. The summed E-state index contributed by atoms with van der Waals surface area (Å²) < 4.78 is 7.86. The number of amides is 1. The molecule has 2 aromatic heterocycles. The maximum Gasteiger partial charge on any atom is 0.273 e. The number of ether oxygens (including phenoxy) is 1. The zero-order chi connectivity index (χ0) is 25.2. The predicted octanol–water partition coefficient (Wildman–Crippen LogP) is 5.57. The lowest BCUT2D eigenvalue weighted by molar-refractivity contribution is 0.0642. The minimum Gasteiger partial charge on any atom is -0.489 e. The summed E-state index contributed by atoms with van der Waals surface area (Å²) in [5.41, 5.74) is 6.11. The Balaban J connectivity index is 1.45. The lowest BCUT2D eigenvalue weighted by Crippen LogP contribution is -2.44. The molecule has 5 rings (SSSR count). The van der Waals surface area contributed by atoms with Crippen LogP contribution in [0.3, 0.4) is 0 Å². The van der Waals surface area contributed by atoms with Crippen molar-refractivity contribution in [2.45, 2.75) is 52.8 Å². The molecule has 7 nitrogen and oxygen atoms in total. The Hall–Kier alpha value is -4.00. The van der Waals surface area contributed by atoms with Gasteiger partial charge >= 0.3 is 0 Å². The number of carbonyl (C=O) groups is 1. The van der Waals surface area contributed by atoms with Crippen molar-refractivity contribution >= 4 is 5.91 Å². The van der Waals surface area contributed by atoms with E-state index in [0.717, 1.165) is 22.4 Å². The van der Waals surface area contributed by atoms with E-state index in [4.69, 9.17) is 9.84 Å². The number of hydrogen-bond donors (Lipinski definition) is 0. The summed E-state index contributed by atoms with van der Waals surface area (Å²) in [6.07, 6.45) is 3.20. The molecular weight excluding hydrogens is 450 g/mol. The van der Waals surface area contributed by atoms with Gasteiger partial charge in [-0.3, -0.25) is 9.48 Å². The Morgan fingerprint density at radius 1 is 0.944 bits per heavy atom. The first kappa shape index (κ1) is 23.7. The van der Waals surface area contributed by atoms with Gasteiger partial charge in [-0.25, -0.2) is 9.97 Å². The summed E-state index contributed by atoms with van der Waals surface area (Å²) in [7, 11) is 0. The fraction of sp³-hybridized carbons (Fsp3) is 0.310.